The summed E-state index contributed by atoms with van der Waals surface area (Å²) >= 11 is 0. The van der Waals surface area contributed by atoms with Gasteiger partial charge in [0.25, 0.3) is 0 Å². The molecule has 1 rings (SSSR count). The van der Waals surface area contributed by atoms with Crippen LogP contribution >= 0.6 is 9.24 Å². The van der Waals surface area contributed by atoms with E-state index in [0.717, 1.165) is 18.4 Å². The number of hydrogen-bond acceptors (Lipinski definition) is 1. The zero-order chi connectivity index (χ0) is 6.69. The maximum absolute atomic E-state index is 10.7. The monoisotopic (exact) mass is 140 g/mol. The number of allylic oxidation sites excluding steroid dienone is 4. The molecule has 0 heterocycles. The van der Waals surface area contributed by atoms with Gasteiger partial charge in [0.2, 0.25) is 0 Å². The third-order valence-corrected chi connectivity index (χ3v) is 1.70. The molecule has 0 saturated heterocycles. The van der Waals surface area contributed by atoms with Gasteiger partial charge in [-0.2, -0.15) is 0 Å². The molecule has 0 radical (unpaired) electrons. The molecule has 0 aromatic carbocycles. The smallest absolute Gasteiger partial charge is 0.174 e. The van der Waals surface area contributed by atoms with Crippen molar-refractivity contribution in [3.63, 3.8) is 0 Å². The molecule has 2 heteroatoms. The highest BCUT2D eigenvalue weighted by molar-refractivity contribution is 7.41. The van der Waals surface area contributed by atoms with Crippen molar-refractivity contribution in [2.75, 3.05) is 0 Å². The molecule has 0 saturated carbocycles. The van der Waals surface area contributed by atoms with E-state index in [1.54, 1.807) is 0 Å². The van der Waals surface area contributed by atoms with Crippen LogP contribution in [0.4, 0.5) is 0 Å². The summed E-state index contributed by atoms with van der Waals surface area (Å²) in [5, 5.41) is 0. The highest BCUT2D eigenvalue weighted by atomic mass is 31.0. The van der Waals surface area contributed by atoms with Crippen LogP contribution in [0.25, 0.3) is 0 Å². The Kier molecular flexibility index (Phi) is 2.18. The molecule has 0 aliphatic heterocycles. The van der Waals surface area contributed by atoms with Gasteiger partial charge >= 0.3 is 0 Å². The summed E-state index contributed by atoms with van der Waals surface area (Å²) in [4.78, 5) is 10.7. The van der Waals surface area contributed by atoms with Gasteiger partial charge in [-0.05, 0) is 18.4 Å². The van der Waals surface area contributed by atoms with Crippen molar-refractivity contribution >= 4 is 14.8 Å². The highest BCUT2D eigenvalue weighted by Crippen LogP contribution is 2.14. The minimum atomic E-state index is 0.124. The lowest BCUT2D eigenvalue weighted by Crippen LogP contribution is -1.93. The van der Waals surface area contributed by atoms with Crippen LogP contribution in [-0.2, 0) is 4.79 Å². The van der Waals surface area contributed by atoms with E-state index in [-0.39, 0.29) is 5.52 Å². The Balaban J connectivity index is 2.68. The maximum Gasteiger partial charge on any atom is 0.174 e. The van der Waals surface area contributed by atoms with Gasteiger partial charge in [-0.25, -0.2) is 0 Å². The molecule has 1 nitrogen and oxygen atoms in total. The van der Waals surface area contributed by atoms with Crippen molar-refractivity contribution in [3.8, 4) is 0 Å². The molecule has 0 fully saturated rings. The third-order valence-electron chi connectivity index (χ3n) is 1.33. The van der Waals surface area contributed by atoms with Crippen molar-refractivity contribution in [3.05, 3.63) is 23.8 Å². The molecule has 0 N–H and O–H groups in total. The van der Waals surface area contributed by atoms with E-state index in [0.29, 0.717) is 0 Å². The van der Waals surface area contributed by atoms with Crippen LogP contribution in [0.1, 0.15) is 12.8 Å². The number of rotatable bonds is 1. The number of hydrogen-bond donors (Lipinski definition) is 0. The van der Waals surface area contributed by atoms with E-state index in [1.807, 2.05) is 12.2 Å². The summed E-state index contributed by atoms with van der Waals surface area (Å²) in [6, 6.07) is 0. The number of carbonyl (C=O) groups is 1. The van der Waals surface area contributed by atoms with Crippen molar-refractivity contribution < 1.29 is 4.79 Å². The SMILES string of the molecule is O=C(P)C1=CC=CCC1. The summed E-state index contributed by atoms with van der Waals surface area (Å²) in [5.41, 5.74) is 1.04. The standard InChI is InChI=1S/C7H9OP/c8-7(9)6-4-2-1-3-5-6/h1-2,4H,3,5,9H2. The molecular weight excluding hydrogens is 131 g/mol. The quantitative estimate of drug-likeness (QED) is 0.506. The summed E-state index contributed by atoms with van der Waals surface area (Å²) in [6.45, 7) is 0. The molecule has 1 atom stereocenters. The molecule has 0 aromatic rings. The van der Waals surface area contributed by atoms with Gasteiger partial charge in [-0.3, -0.25) is 4.79 Å². The molecule has 1 aliphatic rings. The molecule has 1 unspecified atom stereocenters. The minimum Gasteiger partial charge on any atom is -0.290 e. The molecule has 0 spiro atoms. The van der Waals surface area contributed by atoms with Gasteiger partial charge in [0, 0.05) is 0 Å². The van der Waals surface area contributed by atoms with E-state index in [4.69, 9.17) is 0 Å². The predicted octanol–water partition coefficient (Wildman–Crippen LogP) is 1.66. The predicted molar refractivity (Wildman–Crippen MR) is 41.2 cm³/mol. The average Bonchev–Trinajstić information content (AvgIpc) is 1.90. The minimum absolute atomic E-state index is 0.124. The molecular formula is C7H9OP. The Morgan fingerprint density at radius 3 is 2.78 bits per heavy atom. The molecule has 0 bridgehead atoms. The van der Waals surface area contributed by atoms with Gasteiger partial charge in [0.05, 0.1) is 0 Å². The third kappa shape index (κ3) is 1.76. The van der Waals surface area contributed by atoms with E-state index in [1.165, 1.54) is 0 Å². The lowest BCUT2D eigenvalue weighted by Gasteiger charge is -2.02. The topological polar surface area (TPSA) is 17.1 Å². The van der Waals surface area contributed by atoms with Crippen molar-refractivity contribution in [2.24, 2.45) is 0 Å². The molecule has 1 aliphatic carbocycles. The first kappa shape index (κ1) is 6.70. The molecule has 9 heavy (non-hydrogen) atoms. The van der Waals surface area contributed by atoms with E-state index >= 15 is 0 Å². The Hall–Kier alpha value is -0.420. The van der Waals surface area contributed by atoms with Gasteiger partial charge < -0.3 is 0 Å². The van der Waals surface area contributed by atoms with E-state index < -0.39 is 0 Å². The van der Waals surface area contributed by atoms with Gasteiger partial charge in [0.15, 0.2) is 5.52 Å². The van der Waals surface area contributed by atoms with Gasteiger partial charge in [0.1, 0.15) is 0 Å². The zero-order valence-corrected chi connectivity index (χ0v) is 6.29. The normalized spacial score (nSPS) is 17.2. The second-order valence-corrected chi connectivity index (χ2v) is 2.55. The fraction of sp³-hybridized carbons (Fsp3) is 0.286. The zero-order valence-electron chi connectivity index (χ0n) is 5.13. The van der Waals surface area contributed by atoms with Crippen LogP contribution in [0.3, 0.4) is 0 Å². The van der Waals surface area contributed by atoms with Crippen molar-refractivity contribution in [1.29, 1.82) is 0 Å². The largest absolute Gasteiger partial charge is 0.290 e. The van der Waals surface area contributed by atoms with Crippen LogP contribution in [0.5, 0.6) is 0 Å². The Labute approximate surface area is 57.0 Å². The maximum atomic E-state index is 10.7. The van der Waals surface area contributed by atoms with Crippen LogP contribution in [0, 0.1) is 0 Å². The Morgan fingerprint density at radius 2 is 2.44 bits per heavy atom. The molecule has 48 valence electrons. The van der Waals surface area contributed by atoms with Crippen LogP contribution in [-0.4, -0.2) is 5.52 Å². The van der Waals surface area contributed by atoms with Crippen LogP contribution in [0.2, 0.25) is 0 Å². The van der Waals surface area contributed by atoms with E-state index in [9.17, 15) is 4.79 Å². The lowest BCUT2D eigenvalue weighted by atomic mass is 10.1. The fourth-order valence-corrected chi connectivity index (χ4v) is 1.05. The second-order valence-electron chi connectivity index (χ2n) is 2.02. The average molecular weight is 140 g/mol. The van der Waals surface area contributed by atoms with Crippen molar-refractivity contribution in [1.82, 2.24) is 0 Å². The first-order valence-electron chi connectivity index (χ1n) is 2.96. The molecule has 0 amide bonds. The summed E-state index contributed by atoms with van der Waals surface area (Å²) in [6.07, 6.45) is 7.78. The second kappa shape index (κ2) is 2.93. The lowest BCUT2D eigenvalue weighted by molar-refractivity contribution is -0.108. The number of carbonyl (C=O) groups excluding carboxylic acids is 1. The Bertz CT molecular complexity index is 179. The summed E-state index contributed by atoms with van der Waals surface area (Å²) in [7, 11) is 2.18. The summed E-state index contributed by atoms with van der Waals surface area (Å²) in [5.74, 6) is 0. The van der Waals surface area contributed by atoms with Crippen LogP contribution in [0.15, 0.2) is 23.8 Å². The van der Waals surface area contributed by atoms with E-state index in [2.05, 4.69) is 15.3 Å². The first-order valence-corrected chi connectivity index (χ1v) is 3.54. The summed E-state index contributed by atoms with van der Waals surface area (Å²) < 4.78 is 0. The first-order chi connectivity index (χ1) is 4.30. The van der Waals surface area contributed by atoms with Gasteiger partial charge in [-0.15, -0.1) is 0 Å². The fourth-order valence-electron chi connectivity index (χ4n) is 0.808. The highest BCUT2D eigenvalue weighted by Gasteiger charge is 2.02. The van der Waals surface area contributed by atoms with Crippen LogP contribution < -0.4 is 0 Å². The Morgan fingerprint density at radius 1 is 1.67 bits per heavy atom. The molecule has 0 aromatic heterocycles. The van der Waals surface area contributed by atoms with Crippen molar-refractivity contribution in [2.45, 2.75) is 12.8 Å². The van der Waals surface area contributed by atoms with Gasteiger partial charge in [-0.1, -0.05) is 27.5 Å².